The van der Waals surface area contributed by atoms with E-state index in [1.54, 1.807) is 6.33 Å². The smallest absolute Gasteiger partial charge is 0.254 e. The molecule has 4 aromatic rings. The Hall–Kier alpha value is -2.96. The van der Waals surface area contributed by atoms with Gasteiger partial charge in [0.1, 0.15) is 18.0 Å². The predicted molar refractivity (Wildman–Crippen MR) is 101 cm³/mol. The van der Waals surface area contributed by atoms with Gasteiger partial charge in [0, 0.05) is 30.8 Å². The van der Waals surface area contributed by atoms with E-state index in [9.17, 15) is 0 Å². The maximum atomic E-state index is 4.85. The lowest BCUT2D eigenvalue weighted by molar-refractivity contribution is 0.489. The Morgan fingerprint density at radius 1 is 1.15 bits per heavy atom. The van der Waals surface area contributed by atoms with Gasteiger partial charge < -0.3 is 9.88 Å². The van der Waals surface area contributed by atoms with Gasteiger partial charge in [0.05, 0.1) is 11.0 Å². The molecule has 7 heteroatoms. The van der Waals surface area contributed by atoms with Crippen LogP contribution < -0.4 is 4.90 Å². The Morgan fingerprint density at radius 2 is 2.08 bits per heavy atom. The molecule has 0 radical (unpaired) electrons. The number of hydrogen-bond acceptors (Lipinski definition) is 5. The largest absolute Gasteiger partial charge is 0.356 e. The molecule has 1 atom stereocenters. The molecule has 1 saturated heterocycles. The fourth-order valence-corrected chi connectivity index (χ4v) is 3.88. The molecule has 1 N–H and O–H groups in total. The number of nitrogens with zero attached hydrogens (tertiary/aromatic N) is 6. The van der Waals surface area contributed by atoms with Gasteiger partial charge in [-0.25, -0.2) is 9.97 Å². The van der Waals surface area contributed by atoms with E-state index in [1.165, 1.54) is 5.56 Å². The Morgan fingerprint density at radius 3 is 3.00 bits per heavy atom. The molecule has 132 valence electrons. The van der Waals surface area contributed by atoms with Crippen LogP contribution in [0.1, 0.15) is 35.8 Å². The Bertz CT molecular complexity index is 1090. The number of rotatable bonds is 2. The van der Waals surface area contributed by atoms with Crippen molar-refractivity contribution in [2.75, 3.05) is 18.0 Å². The van der Waals surface area contributed by atoms with Gasteiger partial charge in [-0.05, 0) is 44.4 Å². The molecule has 1 aliphatic rings. The first-order chi connectivity index (χ1) is 12.7. The quantitative estimate of drug-likeness (QED) is 0.603. The van der Waals surface area contributed by atoms with E-state index in [0.717, 1.165) is 54.3 Å². The number of aryl methyl sites for hydroxylation is 2. The minimum Gasteiger partial charge on any atom is -0.356 e. The summed E-state index contributed by atoms with van der Waals surface area (Å²) in [7, 11) is 0. The van der Waals surface area contributed by atoms with Crippen molar-refractivity contribution in [1.82, 2.24) is 29.5 Å². The molecule has 0 amide bonds. The molecule has 7 nitrogen and oxygen atoms in total. The van der Waals surface area contributed by atoms with E-state index in [-0.39, 0.29) is 0 Å². The first kappa shape index (κ1) is 15.3. The molecule has 0 bridgehead atoms. The molecule has 3 aromatic heterocycles. The number of aromatic nitrogens is 6. The summed E-state index contributed by atoms with van der Waals surface area (Å²) in [6.45, 7) is 6.03. The average Bonchev–Trinajstić information content (AvgIpc) is 3.27. The second kappa shape index (κ2) is 5.79. The molecule has 0 saturated carbocycles. The van der Waals surface area contributed by atoms with Crippen LogP contribution in [0.5, 0.6) is 0 Å². The van der Waals surface area contributed by atoms with Gasteiger partial charge in [-0.15, -0.1) is 0 Å². The molecule has 4 heterocycles. The summed E-state index contributed by atoms with van der Waals surface area (Å²) in [6, 6.07) is 8.46. The second-order valence-corrected chi connectivity index (χ2v) is 7.16. The third-order valence-corrected chi connectivity index (χ3v) is 5.15. The van der Waals surface area contributed by atoms with Gasteiger partial charge in [0.15, 0.2) is 0 Å². The zero-order valence-electron chi connectivity index (χ0n) is 15.0. The van der Waals surface area contributed by atoms with E-state index >= 15 is 0 Å². The summed E-state index contributed by atoms with van der Waals surface area (Å²) < 4.78 is 1.83. The van der Waals surface area contributed by atoms with E-state index in [1.807, 2.05) is 11.4 Å². The van der Waals surface area contributed by atoms with Crippen LogP contribution in [0.25, 0.3) is 16.8 Å². The molecule has 1 aliphatic heterocycles. The van der Waals surface area contributed by atoms with Gasteiger partial charge >= 0.3 is 0 Å². The van der Waals surface area contributed by atoms with Crippen molar-refractivity contribution in [1.29, 1.82) is 0 Å². The standard InChI is InChI=1S/C19H21N7/c1-12-5-6-15-16(8-12)24-18(23-15)14-4-3-7-25(10-14)17-9-13(2)22-19-20-11-21-26(17)19/h5-6,8-9,11,14H,3-4,7,10H2,1-2H3,(H,23,24)/t14-/m0/s1. The van der Waals surface area contributed by atoms with Gasteiger partial charge in [-0.1, -0.05) is 6.07 Å². The summed E-state index contributed by atoms with van der Waals surface area (Å²) >= 11 is 0. The number of anilines is 1. The van der Waals surface area contributed by atoms with E-state index in [2.05, 4.69) is 56.1 Å². The Balaban J connectivity index is 1.49. The minimum atomic E-state index is 0.378. The van der Waals surface area contributed by atoms with Crippen molar-refractivity contribution in [3.8, 4) is 0 Å². The van der Waals surface area contributed by atoms with Gasteiger partial charge in [-0.3, -0.25) is 0 Å². The third kappa shape index (κ3) is 2.51. The number of imidazole rings is 1. The molecule has 0 unspecified atom stereocenters. The highest BCUT2D eigenvalue weighted by Gasteiger charge is 2.26. The van der Waals surface area contributed by atoms with E-state index < -0.39 is 0 Å². The molecule has 0 aliphatic carbocycles. The SMILES string of the molecule is Cc1ccc2nc([C@H]3CCCN(c4cc(C)nc5ncnn45)C3)[nH]c2c1. The highest BCUT2D eigenvalue weighted by atomic mass is 15.4. The highest BCUT2D eigenvalue weighted by Crippen LogP contribution is 2.30. The van der Waals surface area contributed by atoms with Crippen molar-refractivity contribution >= 4 is 22.6 Å². The highest BCUT2D eigenvalue weighted by molar-refractivity contribution is 5.76. The van der Waals surface area contributed by atoms with Crippen LogP contribution in [0.3, 0.4) is 0 Å². The fraction of sp³-hybridized carbons (Fsp3) is 0.368. The van der Waals surface area contributed by atoms with Crippen LogP contribution in [-0.4, -0.2) is 42.6 Å². The summed E-state index contributed by atoms with van der Waals surface area (Å²) in [6.07, 6.45) is 3.83. The second-order valence-electron chi connectivity index (χ2n) is 7.16. The Kier molecular flexibility index (Phi) is 3.41. The number of piperidine rings is 1. The number of H-pyrrole nitrogens is 1. The normalized spacial score (nSPS) is 18.1. The van der Waals surface area contributed by atoms with Crippen molar-refractivity contribution in [2.24, 2.45) is 0 Å². The first-order valence-electron chi connectivity index (χ1n) is 9.06. The van der Waals surface area contributed by atoms with E-state index in [4.69, 9.17) is 4.98 Å². The molecule has 1 aromatic carbocycles. The molecule has 26 heavy (non-hydrogen) atoms. The summed E-state index contributed by atoms with van der Waals surface area (Å²) in [5, 5.41) is 4.36. The monoisotopic (exact) mass is 347 g/mol. The van der Waals surface area contributed by atoms with Gasteiger partial charge in [0.25, 0.3) is 5.78 Å². The number of aromatic amines is 1. The van der Waals surface area contributed by atoms with E-state index in [0.29, 0.717) is 11.7 Å². The summed E-state index contributed by atoms with van der Waals surface area (Å²) in [5.74, 6) is 3.17. The van der Waals surface area contributed by atoms with Crippen LogP contribution in [0, 0.1) is 13.8 Å². The number of nitrogens with one attached hydrogen (secondary N) is 1. The van der Waals surface area contributed by atoms with Crippen molar-refractivity contribution in [3.05, 3.63) is 47.7 Å². The predicted octanol–water partition coefficient (Wildman–Crippen LogP) is 3.00. The molecule has 5 rings (SSSR count). The van der Waals surface area contributed by atoms with Crippen molar-refractivity contribution < 1.29 is 0 Å². The topological polar surface area (TPSA) is 75.0 Å². The van der Waals surface area contributed by atoms with Crippen molar-refractivity contribution in [3.63, 3.8) is 0 Å². The number of hydrogen-bond donors (Lipinski definition) is 1. The van der Waals surface area contributed by atoms with Gasteiger partial charge in [-0.2, -0.15) is 14.6 Å². The van der Waals surface area contributed by atoms with Crippen LogP contribution in [0.4, 0.5) is 5.82 Å². The van der Waals surface area contributed by atoms with Crippen LogP contribution in [-0.2, 0) is 0 Å². The average molecular weight is 347 g/mol. The third-order valence-electron chi connectivity index (χ3n) is 5.15. The fourth-order valence-electron chi connectivity index (χ4n) is 3.88. The van der Waals surface area contributed by atoms with Gasteiger partial charge in [0.2, 0.25) is 0 Å². The molecular weight excluding hydrogens is 326 g/mol. The maximum Gasteiger partial charge on any atom is 0.254 e. The zero-order valence-corrected chi connectivity index (χ0v) is 15.0. The minimum absolute atomic E-state index is 0.378. The Labute approximate surface area is 151 Å². The lowest BCUT2D eigenvalue weighted by atomic mass is 9.97. The maximum absolute atomic E-state index is 4.85. The lowest BCUT2D eigenvalue weighted by Gasteiger charge is -2.33. The zero-order chi connectivity index (χ0) is 17.7. The summed E-state index contributed by atoms with van der Waals surface area (Å²) in [5.41, 5.74) is 4.37. The van der Waals surface area contributed by atoms with Crippen molar-refractivity contribution in [2.45, 2.75) is 32.6 Å². The molecular formula is C19H21N7. The molecule has 0 spiro atoms. The summed E-state index contributed by atoms with van der Waals surface area (Å²) in [4.78, 5) is 19.5. The number of fused-ring (bicyclic) bond motifs is 2. The van der Waals surface area contributed by atoms with Crippen LogP contribution >= 0.6 is 0 Å². The van der Waals surface area contributed by atoms with Crippen LogP contribution in [0.15, 0.2) is 30.6 Å². The van der Waals surface area contributed by atoms with Crippen LogP contribution in [0.2, 0.25) is 0 Å². The number of benzene rings is 1. The molecule has 1 fully saturated rings. The first-order valence-corrected chi connectivity index (χ1v) is 9.06. The lowest BCUT2D eigenvalue weighted by Crippen LogP contribution is -2.36.